The molecule has 0 radical (unpaired) electrons. The number of benzene rings is 2. The number of unbranched alkanes of at least 4 members (excludes halogenated alkanes) is 7. The zero-order valence-corrected chi connectivity index (χ0v) is 21.0. The number of halogens is 2. The van der Waals surface area contributed by atoms with Crippen molar-refractivity contribution >= 4 is 5.97 Å². The molecule has 1 aliphatic carbocycles. The molecule has 0 aliphatic heterocycles. The lowest BCUT2D eigenvalue weighted by Gasteiger charge is -2.27. The molecule has 2 aromatic carbocycles. The second-order valence-electron chi connectivity index (χ2n) is 9.83. The molecule has 3 nitrogen and oxygen atoms in total. The van der Waals surface area contributed by atoms with E-state index in [1.54, 1.807) is 24.3 Å². The van der Waals surface area contributed by atoms with Gasteiger partial charge in [-0.2, -0.15) is 8.78 Å². The number of alkyl halides is 2. The maximum absolute atomic E-state index is 12.7. The van der Waals surface area contributed by atoms with Crippen LogP contribution in [0.4, 0.5) is 8.78 Å². The zero-order chi connectivity index (χ0) is 24.9. The molecule has 5 heteroatoms. The Morgan fingerprint density at radius 3 is 1.83 bits per heavy atom. The van der Waals surface area contributed by atoms with Crippen LogP contribution < -0.4 is 9.47 Å². The average Bonchev–Trinajstić information content (AvgIpc) is 2.86. The fourth-order valence-corrected chi connectivity index (χ4v) is 5.00. The lowest BCUT2D eigenvalue weighted by molar-refractivity contribution is -0.140. The van der Waals surface area contributed by atoms with Gasteiger partial charge in [0.2, 0.25) is 0 Å². The van der Waals surface area contributed by atoms with Gasteiger partial charge in [0.1, 0.15) is 11.5 Å². The van der Waals surface area contributed by atoms with E-state index in [-0.39, 0.29) is 17.6 Å². The third-order valence-electron chi connectivity index (χ3n) is 7.13. The Kier molecular flexibility index (Phi) is 11.5. The normalized spacial score (nSPS) is 17.9. The quantitative estimate of drug-likeness (QED) is 0.152. The Labute approximate surface area is 209 Å². The Morgan fingerprint density at radius 1 is 0.771 bits per heavy atom. The van der Waals surface area contributed by atoms with Gasteiger partial charge in [-0.3, -0.25) is 4.79 Å². The summed E-state index contributed by atoms with van der Waals surface area (Å²) in [6.45, 7) is -0.575. The number of carbonyl (C=O) groups is 1. The van der Waals surface area contributed by atoms with Gasteiger partial charge in [0.25, 0.3) is 0 Å². The van der Waals surface area contributed by atoms with Gasteiger partial charge in [0, 0.05) is 0 Å². The van der Waals surface area contributed by atoms with E-state index in [2.05, 4.69) is 11.7 Å². The molecule has 0 atom stereocenters. The summed E-state index contributed by atoms with van der Waals surface area (Å²) in [5.74, 6) is 1.29. The topological polar surface area (TPSA) is 35.5 Å². The highest BCUT2D eigenvalue weighted by atomic mass is 19.3. The Hall–Kier alpha value is -2.43. The van der Waals surface area contributed by atoms with E-state index in [9.17, 15) is 13.6 Å². The van der Waals surface area contributed by atoms with Gasteiger partial charge >= 0.3 is 12.6 Å². The summed E-state index contributed by atoms with van der Waals surface area (Å²) in [7, 11) is 0. The number of hydrogen-bond donors (Lipinski definition) is 0. The molecule has 0 unspecified atom stereocenters. The molecule has 0 saturated heterocycles. The third kappa shape index (κ3) is 9.62. The lowest BCUT2D eigenvalue weighted by atomic mass is 9.79. The van der Waals surface area contributed by atoms with Crippen molar-refractivity contribution in [2.24, 2.45) is 11.8 Å². The Bertz CT molecular complexity index is 856. The summed E-state index contributed by atoms with van der Waals surface area (Å²) in [6, 6.07) is 13.8. The molecule has 0 amide bonds. The third-order valence-corrected chi connectivity index (χ3v) is 7.13. The summed E-state index contributed by atoms with van der Waals surface area (Å²) in [5.41, 5.74) is 1.79. The van der Waals surface area contributed by atoms with Gasteiger partial charge < -0.3 is 9.47 Å². The van der Waals surface area contributed by atoms with Crippen LogP contribution in [0.15, 0.2) is 48.5 Å². The summed E-state index contributed by atoms with van der Waals surface area (Å²) in [5, 5.41) is 0. The average molecular weight is 487 g/mol. The van der Waals surface area contributed by atoms with Crippen molar-refractivity contribution in [1.82, 2.24) is 0 Å². The Morgan fingerprint density at radius 2 is 1.29 bits per heavy atom. The van der Waals surface area contributed by atoms with E-state index >= 15 is 0 Å². The number of ether oxygens (including phenoxy) is 2. The molecule has 0 aromatic heterocycles. The molecule has 1 fully saturated rings. The molecule has 0 bridgehead atoms. The number of esters is 1. The van der Waals surface area contributed by atoms with E-state index in [0.29, 0.717) is 5.75 Å². The van der Waals surface area contributed by atoms with Gasteiger partial charge in [-0.05, 0) is 67.0 Å². The molecule has 0 spiro atoms. The highest BCUT2D eigenvalue weighted by molar-refractivity contribution is 5.75. The standard InChI is InChI=1S/C30H40F2O3/c1-2-3-4-5-6-7-8-9-10-23-11-13-26(14-12-23)29(33)34-27-19-15-24(16-20-27)25-17-21-28(22-18-25)35-30(31)32/h15-23,26,30H,2-14H2,1H3. The molecule has 2 aromatic rings. The SMILES string of the molecule is CCCCCCCCCCC1CCC(C(=O)Oc2ccc(-c3ccc(OC(F)F)cc3)cc2)CC1. The minimum absolute atomic E-state index is 0.00753. The monoisotopic (exact) mass is 486 g/mol. The summed E-state index contributed by atoms with van der Waals surface area (Å²) < 4.78 is 34.6. The van der Waals surface area contributed by atoms with Gasteiger partial charge in [-0.15, -0.1) is 0 Å². The molecular weight excluding hydrogens is 446 g/mol. The van der Waals surface area contributed by atoms with Crippen molar-refractivity contribution in [2.75, 3.05) is 0 Å². The minimum Gasteiger partial charge on any atom is -0.435 e. The van der Waals surface area contributed by atoms with E-state index in [4.69, 9.17) is 4.74 Å². The predicted molar refractivity (Wildman–Crippen MR) is 137 cm³/mol. The first-order chi connectivity index (χ1) is 17.0. The molecule has 0 N–H and O–H groups in total. The lowest BCUT2D eigenvalue weighted by Crippen LogP contribution is -2.25. The van der Waals surface area contributed by atoms with Crippen LogP contribution >= 0.6 is 0 Å². The van der Waals surface area contributed by atoms with E-state index in [1.165, 1.54) is 69.9 Å². The molecule has 1 saturated carbocycles. The van der Waals surface area contributed by atoms with Gasteiger partial charge in [-0.1, -0.05) is 89.0 Å². The van der Waals surface area contributed by atoms with Crippen LogP contribution in [0.3, 0.4) is 0 Å². The van der Waals surface area contributed by atoms with Crippen LogP contribution in [0, 0.1) is 11.8 Å². The first kappa shape index (κ1) is 27.2. The zero-order valence-electron chi connectivity index (χ0n) is 21.0. The van der Waals surface area contributed by atoms with Gasteiger partial charge in [-0.25, -0.2) is 0 Å². The highest BCUT2D eigenvalue weighted by Gasteiger charge is 2.27. The van der Waals surface area contributed by atoms with Gasteiger partial charge in [0.15, 0.2) is 0 Å². The minimum atomic E-state index is -2.83. The van der Waals surface area contributed by atoms with Crippen molar-refractivity contribution in [3.63, 3.8) is 0 Å². The van der Waals surface area contributed by atoms with Crippen LogP contribution in [0.2, 0.25) is 0 Å². The predicted octanol–water partition coefficient (Wildman–Crippen LogP) is 9.20. The van der Waals surface area contributed by atoms with Crippen LogP contribution in [0.25, 0.3) is 11.1 Å². The van der Waals surface area contributed by atoms with Crippen molar-refractivity contribution in [3.8, 4) is 22.6 Å². The maximum Gasteiger partial charge on any atom is 0.387 e. The fourth-order valence-electron chi connectivity index (χ4n) is 5.00. The van der Waals surface area contributed by atoms with E-state index in [0.717, 1.165) is 42.7 Å². The van der Waals surface area contributed by atoms with Crippen molar-refractivity contribution in [1.29, 1.82) is 0 Å². The first-order valence-electron chi connectivity index (χ1n) is 13.4. The summed E-state index contributed by atoms with van der Waals surface area (Å²) >= 11 is 0. The second-order valence-corrected chi connectivity index (χ2v) is 9.83. The van der Waals surface area contributed by atoms with Crippen molar-refractivity contribution < 1.29 is 23.0 Å². The molecule has 3 rings (SSSR count). The number of carbonyl (C=O) groups excluding carboxylic acids is 1. The highest BCUT2D eigenvalue weighted by Crippen LogP contribution is 2.33. The molecule has 192 valence electrons. The largest absolute Gasteiger partial charge is 0.435 e. The number of rotatable bonds is 14. The van der Waals surface area contributed by atoms with Gasteiger partial charge in [0.05, 0.1) is 5.92 Å². The smallest absolute Gasteiger partial charge is 0.387 e. The summed E-state index contributed by atoms with van der Waals surface area (Å²) in [4.78, 5) is 12.7. The maximum atomic E-state index is 12.7. The molecule has 0 heterocycles. The van der Waals surface area contributed by atoms with Crippen LogP contribution in [-0.4, -0.2) is 12.6 Å². The fraction of sp³-hybridized carbons (Fsp3) is 0.567. The van der Waals surface area contributed by atoms with Crippen molar-refractivity contribution in [2.45, 2.75) is 97.0 Å². The Balaban J connectivity index is 1.34. The van der Waals surface area contributed by atoms with Crippen LogP contribution in [0.1, 0.15) is 90.4 Å². The molecule has 1 aliphatic rings. The first-order valence-corrected chi connectivity index (χ1v) is 13.4. The van der Waals surface area contributed by atoms with E-state index < -0.39 is 6.61 Å². The van der Waals surface area contributed by atoms with Crippen LogP contribution in [0.5, 0.6) is 11.5 Å². The number of hydrogen-bond acceptors (Lipinski definition) is 3. The van der Waals surface area contributed by atoms with Crippen molar-refractivity contribution in [3.05, 3.63) is 48.5 Å². The van der Waals surface area contributed by atoms with Crippen LogP contribution in [-0.2, 0) is 4.79 Å². The molecule has 35 heavy (non-hydrogen) atoms. The second kappa shape index (κ2) is 14.9. The van der Waals surface area contributed by atoms with E-state index in [1.807, 2.05) is 12.1 Å². The summed E-state index contributed by atoms with van der Waals surface area (Å²) in [6.07, 6.45) is 16.2. The molecular formula is C30H40F2O3.